The number of hydroxylamine groups is 1. The van der Waals surface area contributed by atoms with E-state index in [0.717, 1.165) is 6.07 Å². The molecule has 1 N–H and O–H groups in total. The van der Waals surface area contributed by atoms with Gasteiger partial charge in [-0.3, -0.25) is 0 Å². The molecule has 2 aliphatic rings. The van der Waals surface area contributed by atoms with Crippen LogP contribution in [-0.4, -0.2) is 25.5 Å². The van der Waals surface area contributed by atoms with Crippen LogP contribution in [0.4, 0.5) is 22.0 Å². The van der Waals surface area contributed by atoms with Crippen molar-refractivity contribution in [1.29, 1.82) is 0 Å². The topological polar surface area (TPSA) is 30.5 Å². The molecule has 1 aromatic rings. The summed E-state index contributed by atoms with van der Waals surface area (Å²) in [6, 6.07) is 3.37. The van der Waals surface area contributed by atoms with E-state index in [-0.39, 0.29) is 12.2 Å². The second kappa shape index (κ2) is 4.37. The molecule has 0 aromatic heterocycles. The molecule has 8 heteroatoms. The van der Waals surface area contributed by atoms with Crippen molar-refractivity contribution in [3.8, 4) is 0 Å². The van der Waals surface area contributed by atoms with Gasteiger partial charge in [-0.15, -0.1) is 0 Å². The third-order valence-corrected chi connectivity index (χ3v) is 3.76. The van der Waals surface area contributed by atoms with Crippen LogP contribution in [0.5, 0.6) is 0 Å². The standard InChI is InChI=1S/C12H10F5NO2/c13-8-3-1-2-6(9(8)14)11-5-19-10(12(15,16)17)7(11)4-20-18-11/h1-3,7,10,18H,4-5H2. The van der Waals surface area contributed by atoms with Crippen molar-refractivity contribution in [2.24, 2.45) is 5.92 Å². The molecular weight excluding hydrogens is 285 g/mol. The molecule has 2 saturated heterocycles. The summed E-state index contributed by atoms with van der Waals surface area (Å²) in [5, 5.41) is 0. The minimum absolute atomic E-state index is 0.216. The third-order valence-electron chi connectivity index (χ3n) is 3.76. The van der Waals surface area contributed by atoms with Crippen molar-refractivity contribution in [3.05, 3.63) is 35.4 Å². The normalized spacial score (nSPS) is 33.5. The van der Waals surface area contributed by atoms with Crippen LogP contribution in [-0.2, 0) is 15.1 Å². The summed E-state index contributed by atoms with van der Waals surface area (Å²) >= 11 is 0. The van der Waals surface area contributed by atoms with E-state index >= 15 is 0 Å². The summed E-state index contributed by atoms with van der Waals surface area (Å²) in [5.41, 5.74) is 0.649. The van der Waals surface area contributed by atoms with Gasteiger partial charge in [0.15, 0.2) is 17.7 Å². The summed E-state index contributed by atoms with van der Waals surface area (Å²) in [6.07, 6.45) is -6.66. The van der Waals surface area contributed by atoms with Crippen molar-refractivity contribution >= 4 is 0 Å². The lowest BCUT2D eigenvalue weighted by atomic mass is 9.79. The fraction of sp³-hybridized carbons (Fsp3) is 0.500. The fourth-order valence-electron chi connectivity index (χ4n) is 2.80. The lowest BCUT2D eigenvalue weighted by Crippen LogP contribution is -2.45. The highest BCUT2D eigenvalue weighted by atomic mass is 19.4. The van der Waals surface area contributed by atoms with Crippen LogP contribution in [0, 0.1) is 17.6 Å². The fourth-order valence-corrected chi connectivity index (χ4v) is 2.80. The van der Waals surface area contributed by atoms with Crippen LogP contribution in [0.15, 0.2) is 18.2 Å². The predicted octanol–water partition coefficient (Wildman–Crippen LogP) is 2.27. The van der Waals surface area contributed by atoms with Gasteiger partial charge in [-0.05, 0) is 6.07 Å². The Labute approximate surface area is 110 Å². The van der Waals surface area contributed by atoms with Gasteiger partial charge >= 0.3 is 6.18 Å². The van der Waals surface area contributed by atoms with E-state index in [1.165, 1.54) is 12.1 Å². The van der Waals surface area contributed by atoms with Crippen LogP contribution in [0.3, 0.4) is 0 Å². The first-order valence-corrected chi connectivity index (χ1v) is 5.88. The molecular formula is C12H10F5NO2. The zero-order valence-corrected chi connectivity index (χ0v) is 10.0. The van der Waals surface area contributed by atoms with E-state index in [4.69, 9.17) is 9.57 Å². The molecule has 0 aliphatic carbocycles. The summed E-state index contributed by atoms with van der Waals surface area (Å²) in [6.45, 7) is -0.734. The summed E-state index contributed by atoms with van der Waals surface area (Å²) in [5.74, 6) is -3.49. The molecule has 110 valence electrons. The van der Waals surface area contributed by atoms with Gasteiger partial charge in [0.25, 0.3) is 0 Å². The second-order valence-corrected chi connectivity index (χ2v) is 4.87. The molecule has 3 atom stereocenters. The van der Waals surface area contributed by atoms with E-state index < -0.39 is 42.0 Å². The number of hydrogen-bond donors (Lipinski definition) is 1. The SMILES string of the molecule is Fc1cccc(C23COC(C(F)(F)F)C2CON3)c1F. The molecule has 3 rings (SSSR count). The average molecular weight is 295 g/mol. The third kappa shape index (κ3) is 1.82. The van der Waals surface area contributed by atoms with Gasteiger partial charge in [0, 0.05) is 11.5 Å². The Morgan fingerprint density at radius 2 is 2.00 bits per heavy atom. The number of nitrogens with one attached hydrogen (secondary N) is 1. The van der Waals surface area contributed by atoms with Gasteiger partial charge in [-0.1, -0.05) is 12.1 Å². The van der Waals surface area contributed by atoms with Gasteiger partial charge in [-0.2, -0.15) is 18.7 Å². The maximum absolute atomic E-state index is 13.9. The highest BCUT2D eigenvalue weighted by molar-refractivity contribution is 5.31. The van der Waals surface area contributed by atoms with E-state index in [9.17, 15) is 22.0 Å². The van der Waals surface area contributed by atoms with Crippen molar-refractivity contribution in [2.75, 3.05) is 13.2 Å². The lowest BCUT2D eigenvalue weighted by Gasteiger charge is -2.28. The number of benzene rings is 1. The number of hydrogen-bond acceptors (Lipinski definition) is 3. The molecule has 0 radical (unpaired) electrons. The monoisotopic (exact) mass is 295 g/mol. The number of halogens is 5. The summed E-state index contributed by atoms with van der Waals surface area (Å²) in [4.78, 5) is 4.87. The number of alkyl halides is 3. The number of rotatable bonds is 1. The predicted molar refractivity (Wildman–Crippen MR) is 56.4 cm³/mol. The maximum Gasteiger partial charge on any atom is 0.415 e. The Bertz CT molecular complexity index is 535. The van der Waals surface area contributed by atoms with Crippen molar-refractivity contribution in [3.63, 3.8) is 0 Å². The second-order valence-electron chi connectivity index (χ2n) is 4.87. The van der Waals surface area contributed by atoms with Gasteiger partial charge in [0.2, 0.25) is 0 Å². The van der Waals surface area contributed by atoms with Crippen LogP contribution in [0.2, 0.25) is 0 Å². The number of fused-ring (bicyclic) bond motifs is 1. The Kier molecular flexibility index (Phi) is 3.00. The van der Waals surface area contributed by atoms with Gasteiger partial charge in [0.05, 0.1) is 13.2 Å². The molecule has 20 heavy (non-hydrogen) atoms. The molecule has 0 bridgehead atoms. The zero-order chi connectivity index (χ0) is 14.5. The van der Waals surface area contributed by atoms with E-state index in [1.54, 1.807) is 0 Å². The molecule has 3 nitrogen and oxygen atoms in total. The van der Waals surface area contributed by atoms with Gasteiger partial charge in [-0.25, -0.2) is 8.78 Å². The van der Waals surface area contributed by atoms with Crippen LogP contribution in [0.1, 0.15) is 5.56 Å². The molecule has 1 aromatic carbocycles. The Morgan fingerprint density at radius 3 is 2.70 bits per heavy atom. The Balaban J connectivity index is 2.06. The molecule has 2 heterocycles. The van der Waals surface area contributed by atoms with Gasteiger partial charge < -0.3 is 9.57 Å². The molecule has 2 aliphatic heterocycles. The molecule has 3 unspecified atom stereocenters. The maximum atomic E-state index is 13.9. The molecule has 0 spiro atoms. The molecule has 0 saturated carbocycles. The minimum Gasteiger partial charge on any atom is -0.366 e. The average Bonchev–Trinajstić information content (AvgIpc) is 2.89. The number of ether oxygens (including phenoxy) is 1. The van der Waals surface area contributed by atoms with Crippen molar-refractivity contribution < 1.29 is 31.5 Å². The summed E-state index contributed by atoms with van der Waals surface area (Å²) < 4.78 is 70.7. The van der Waals surface area contributed by atoms with E-state index in [0.29, 0.717) is 0 Å². The summed E-state index contributed by atoms with van der Waals surface area (Å²) in [7, 11) is 0. The highest BCUT2D eigenvalue weighted by Gasteiger charge is 2.63. The van der Waals surface area contributed by atoms with Crippen LogP contribution in [0.25, 0.3) is 0 Å². The highest BCUT2D eigenvalue weighted by Crippen LogP contribution is 2.48. The first kappa shape index (κ1) is 13.7. The first-order chi connectivity index (χ1) is 9.36. The van der Waals surface area contributed by atoms with Crippen LogP contribution < -0.4 is 5.48 Å². The molecule has 2 fully saturated rings. The van der Waals surface area contributed by atoms with Gasteiger partial charge in [0.1, 0.15) is 5.54 Å². The quantitative estimate of drug-likeness (QED) is 0.806. The van der Waals surface area contributed by atoms with E-state index in [1.807, 2.05) is 0 Å². The Morgan fingerprint density at radius 1 is 1.25 bits per heavy atom. The smallest absolute Gasteiger partial charge is 0.366 e. The lowest BCUT2D eigenvalue weighted by molar-refractivity contribution is -0.219. The minimum atomic E-state index is -4.59. The first-order valence-electron chi connectivity index (χ1n) is 5.88. The Hall–Kier alpha value is -1.25. The zero-order valence-electron chi connectivity index (χ0n) is 10.0. The van der Waals surface area contributed by atoms with E-state index in [2.05, 4.69) is 5.48 Å². The van der Waals surface area contributed by atoms with Crippen molar-refractivity contribution in [2.45, 2.75) is 17.8 Å². The molecule has 0 amide bonds. The largest absolute Gasteiger partial charge is 0.415 e. The van der Waals surface area contributed by atoms with Crippen molar-refractivity contribution in [1.82, 2.24) is 5.48 Å². The van der Waals surface area contributed by atoms with Crippen LogP contribution >= 0.6 is 0 Å².